The molecule has 25 heavy (non-hydrogen) atoms. The number of halogens is 1. The van der Waals surface area contributed by atoms with Gasteiger partial charge in [0.1, 0.15) is 6.61 Å². The van der Waals surface area contributed by atoms with Crippen LogP contribution in [-0.2, 0) is 4.79 Å². The monoisotopic (exact) mass is 417 g/mol. The summed E-state index contributed by atoms with van der Waals surface area (Å²) >= 11 is 4.74. The van der Waals surface area contributed by atoms with Crippen molar-refractivity contribution in [3.63, 3.8) is 0 Å². The van der Waals surface area contributed by atoms with Crippen molar-refractivity contribution >= 4 is 44.2 Å². The highest BCUT2D eigenvalue weighted by Crippen LogP contribution is 2.44. The summed E-state index contributed by atoms with van der Waals surface area (Å²) in [5, 5.41) is 20.2. The van der Waals surface area contributed by atoms with Crippen LogP contribution in [0.4, 0.5) is 0 Å². The minimum absolute atomic E-state index is 0.166. The maximum atomic E-state index is 11.4. The van der Waals surface area contributed by atoms with E-state index in [1.165, 1.54) is 35.6 Å². The Kier molecular flexibility index (Phi) is 4.62. The molecule has 0 spiro atoms. The lowest BCUT2D eigenvalue weighted by molar-refractivity contribution is -0.119. The molecule has 3 aromatic rings. The highest BCUT2D eigenvalue weighted by molar-refractivity contribution is 9.10. The molecule has 1 fully saturated rings. The third-order valence-electron chi connectivity index (χ3n) is 4.33. The number of rotatable bonds is 6. The van der Waals surface area contributed by atoms with Gasteiger partial charge in [0, 0.05) is 5.39 Å². The second-order valence-electron chi connectivity index (χ2n) is 6.07. The molecule has 0 saturated heterocycles. The fraction of sp³-hybridized carbons (Fsp3) is 0.278. The Morgan fingerprint density at radius 1 is 1.20 bits per heavy atom. The van der Waals surface area contributed by atoms with Gasteiger partial charge in [-0.2, -0.15) is 0 Å². The van der Waals surface area contributed by atoms with Gasteiger partial charge < -0.3 is 5.11 Å². The summed E-state index contributed by atoms with van der Waals surface area (Å²) in [7, 11) is 0. The number of benzene rings is 2. The maximum Gasteiger partial charge on any atom is 0.205 e. The molecule has 1 aromatic heterocycles. The number of nitrogens with zero attached hydrogens (tertiary/aromatic N) is 3. The number of hydrogen-bond acceptors (Lipinski definition) is 5. The molecule has 0 aliphatic heterocycles. The fourth-order valence-electron chi connectivity index (χ4n) is 2.99. The first-order valence-corrected chi connectivity index (χ1v) is 9.85. The number of aromatic nitrogens is 3. The summed E-state index contributed by atoms with van der Waals surface area (Å²) in [6, 6.07) is 12.7. The van der Waals surface area contributed by atoms with Crippen molar-refractivity contribution in [2.75, 3.05) is 12.4 Å². The van der Waals surface area contributed by atoms with Crippen LogP contribution in [0.2, 0.25) is 0 Å². The van der Waals surface area contributed by atoms with Gasteiger partial charge in [-0.05, 0) is 51.7 Å². The molecule has 1 aliphatic carbocycles. The number of carbonyl (C=O) groups is 1. The van der Waals surface area contributed by atoms with Crippen LogP contribution < -0.4 is 0 Å². The van der Waals surface area contributed by atoms with E-state index in [0.717, 1.165) is 11.1 Å². The van der Waals surface area contributed by atoms with E-state index in [1.807, 2.05) is 10.6 Å². The molecule has 5 nitrogen and oxygen atoms in total. The van der Waals surface area contributed by atoms with Gasteiger partial charge in [0.15, 0.2) is 10.9 Å². The van der Waals surface area contributed by atoms with Crippen LogP contribution in [-0.4, -0.2) is 38.0 Å². The molecule has 0 unspecified atom stereocenters. The number of thioether (sulfide) groups is 1. The number of ketones is 1. The molecule has 0 radical (unpaired) electrons. The molecule has 2 aromatic carbocycles. The van der Waals surface area contributed by atoms with E-state index < -0.39 is 6.61 Å². The van der Waals surface area contributed by atoms with Crippen LogP contribution >= 0.6 is 27.7 Å². The minimum Gasteiger partial charge on any atom is -0.389 e. The van der Waals surface area contributed by atoms with Crippen molar-refractivity contribution in [2.24, 2.45) is 0 Å². The minimum atomic E-state index is -0.457. The smallest absolute Gasteiger partial charge is 0.205 e. The van der Waals surface area contributed by atoms with Gasteiger partial charge in [-0.1, -0.05) is 42.1 Å². The first-order chi connectivity index (χ1) is 12.2. The summed E-state index contributed by atoms with van der Waals surface area (Å²) in [4.78, 5) is 11.4. The first-order valence-electron chi connectivity index (χ1n) is 8.07. The average molecular weight is 418 g/mol. The van der Waals surface area contributed by atoms with Crippen LogP contribution in [0.1, 0.15) is 24.3 Å². The molecule has 1 heterocycles. The summed E-state index contributed by atoms with van der Waals surface area (Å²) in [6.45, 7) is -0.457. The van der Waals surface area contributed by atoms with Crippen LogP contribution in [0.15, 0.2) is 46.3 Å². The molecule has 4 rings (SSSR count). The number of fused-ring (bicyclic) bond motifs is 1. The van der Waals surface area contributed by atoms with Gasteiger partial charge in [0.25, 0.3) is 0 Å². The molecular formula is C18H16BrN3O2S. The Balaban J connectivity index is 1.81. The van der Waals surface area contributed by atoms with E-state index in [4.69, 9.17) is 5.11 Å². The quantitative estimate of drug-likeness (QED) is 0.619. The summed E-state index contributed by atoms with van der Waals surface area (Å²) in [5.41, 5.74) is 2.38. The van der Waals surface area contributed by atoms with Crippen molar-refractivity contribution in [1.82, 2.24) is 14.8 Å². The first kappa shape index (κ1) is 16.8. The Morgan fingerprint density at radius 2 is 1.96 bits per heavy atom. The molecule has 0 amide bonds. The Hall–Kier alpha value is -1.70. The zero-order valence-corrected chi connectivity index (χ0v) is 15.8. The number of aliphatic hydroxyl groups is 1. The fourth-order valence-corrected chi connectivity index (χ4v) is 4.34. The molecular weight excluding hydrogens is 402 g/mol. The lowest BCUT2D eigenvalue weighted by Gasteiger charge is -2.13. The van der Waals surface area contributed by atoms with E-state index in [0.29, 0.717) is 15.8 Å². The number of carbonyl (C=O) groups excluding carboxylic acids is 1. The summed E-state index contributed by atoms with van der Waals surface area (Å²) < 4.78 is 2.50. The summed E-state index contributed by atoms with van der Waals surface area (Å²) in [5.74, 6) is 0.601. The van der Waals surface area contributed by atoms with E-state index in [9.17, 15) is 4.79 Å². The van der Waals surface area contributed by atoms with Gasteiger partial charge >= 0.3 is 0 Å². The van der Waals surface area contributed by atoms with Gasteiger partial charge in [-0.15, -0.1) is 10.2 Å². The van der Waals surface area contributed by atoms with Crippen LogP contribution in [0, 0.1) is 0 Å². The van der Waals surface area contributed by atoms with E-state index in [1.54, 1.807) is 0 Å². The molecule has 0 atom stereocenters. The number of hydrogen-bond donors (Lipinski definition) is 1. The molecule has 7 heteroatoms. The van der Waals surface area contributed by atoms with E-state index in [-0.39, 0.29) is 11.5 Å². The van der Waals surface area contributed by atoms with Gasteiger partial charge in [0.2, 0.25) is 4.73 Å². The highest BCUT2D eigenvalue weighted by Gasteiger charge is 2.26. The van der Waals surface area contributed by atoms with Crippen LogP contribution in [0.5, 0.6) is 0 Å². The topological polar surface area (TPSA) is 68.0 Å². The molecule has 1 saturated carbocycles. The normalized spacial score (nSPS) is 14.2. The largest absolute Gasteiger partial charge is 0.389 e. The molecule has 1 N–H and O–H groups in total. The van der Waals surface area contributed by atoms with Crippen molar-refractivity contribution in [1.29, 1.82) is 0 Å². The van der Waals surface area contributed by atoms with E-state index >= 15 is 0 Å². The number of Topliss-reactive ketones (excluding diaryl/α,β-unsaturated/α-hetero) is 1. The van der Waals surface area contributed by atoms with Gasteiger partial charge in [-0.3, -0.25) is 9.36 Å². The van der Waals surface area contributed by atoms with Crippen LogP contribution in [0.25, 0.3) is 16.5 Å². The predicted octanol–water partition coefficient (Wildman–Crippen LogP) is 3.71. The number of aliphatic hydroxyl groups excluding tert-OH is 1. The standard InChI is InChI=1S/C18H16BrN3O2S/c19-17-20-21-18(25-10-12(24)9-23)22(17)16-8-7-13(11-5-6-11)14-3-1-2-4-15(14)16/h1-4,7-8,11,23H,5-6,9-10H2. The zero-order chi connectivity index (χ0) is 17.4. The molecule has 0 bridgehead atoms. The van der Waals surface area contributed by atoms with E-state index in [2.05, 4.69) is 56.5 Å². The summed E-state index contributed by atoms with van der Waals surface area (Å²) in [6.07, 6.45) is 2.51. The second-order valence-corrected chi connectivity index (χ2v) is 7.72. The Labute approximate surface area is 157 Å². The van der Waals surface area contributed by atoms with Crippen molar-refractivity contribution in [2.45, 2.75) is 23.9 Å². The lowest BCUT2D eigenvalue weighted by atomic mass is 9.99. The predicted molar refractivity (Wildman–Crippen MR) is 101 cm³/mol. The SMILES string of the molecule is O=C(CO)CSc1nnc(Br)n1-c1ccc(C2CC2)c2ccccc12. The second kappa shape index (κ2) is 6.90. The van der Waals surface area contributed by atoms with Gasteiger partial charge in [-0.25, -0.2) is 0 Å². The molecule has 128 valence electrons. The average Bonchev–Trinajstić information content (AvgIpc) is 3.42. The van der Waals surface area contributed by atoms with Gasteiger partial charge in [0.05, 0.1) is 11.4 Å². The van der Waals surface area contributed by atoms with Crippen molar-refractivity contribution < 1.29 is 9.90 Å². The third-order valence-corrected chi connectivity index (χ3v) is 5.83. The van der Waals surface area contributed by atoms with Crippen molar-refractivity contribution in [3.05, 3.63) is 46.7 Å². The third kappa shape index (κ3) is 3.23. The molecule has 1 aliphatic rings. The maximum absolute atomic E-state index is 11.4. The Bertz CT molecular complexity index is 953. The van der Waals surface area contributed by atoms with Crippen molar-refractivity contribution in [3.8, 4) is 5.69 Å². The highest BCUT2D eigenvalue weighted by atomic mass is 79.9. The Morgan fingerprint density at radius 3 is 2.68 bits per heavy atom. The van der Waals surface area contributed by atoms with Crippen LogP contribution in [0.3, 0.4) is 0 Å². The zero-order valence-electron chi connectivity index (χ0n) is 13.4. The lowest BCUT2D eigenvalue weighted by Crippen LogP contribution is -2.08.